The average Bonchev–Trinajstić information content (AvgIpc) is 3.02. The second kappa shape index (κ2) is 5.94. The highest BCUT2D eigenvalue weighted by Crippen LogP contribution is 2.52. The third-order valence-corrected chi connectivity index (χ3v) is 6.48. The van der Waals surface area contributed by atoms with Crippen molar-refractivity contribution in [2.45, 2.75) is 65.1 Å². The first kappa shape index (κ1) is 17.8. The predicted octanol–water partition coefficient (Wildman–Crippen LogP) is 3.26. The third kappa shape index (κ3) is 3.21. The van der Waals surface area contributed by atoms with Gasteiger partial charge in [0.15, 0.2) is 0 Å². The lowest BCUT2D eigenvalue weighted by atomic mass is 9.65. The second-order valence-electron chi connectivity index (χ2n) is 9.17. The van der Waals surface area contributed by atoms with Crippen LogP contribution in [0.15, 0.2) is 11.2 Å². The summed E-state index contributed by atoms with van der Waals surface area (Å²) >= 11 is 1.41. The van der Waals surface area contributed by atoms with Crippen LogP contribution in [0.4, 0.5) is 0 Å². The molecule has 2 aliphatic rings. The number of thioether (sulfide) groups is 1. The summed E-state index contributed by atoms with van der Waals surface area (Å²) in [7, 11) is 0. The fourth-order valence-electron chi connectivity index (χ4n) is 5.17. The van der Waals surface area contributed by atoms with Crippen molar-refractivity contribution in [1.29, 1.82) is 0 Å². The van der Waals surface area contributed by atoms with Gasteiger partial charge in [0.05, 0.1) is 5.75 Å². The zero-order valence-electron chi connectivity index (χ0n) is 16.2. The van der Waals surface area contributed by atoms with E-state index in [-0.39, 0.29) is 11.3 Å². The van der Waals surface area contributed by atoms with E-state index >= 15 is 0 Å². The van der Waals surface area contributed by atoms with Crippen molar-refractivity contribution in [2.24, 2.45) is 10.8 Å². The summed E-state index contributed by atoms with van der Waals surface area (Å²) < 4.78 is 1.74. The van der Waals surface area contributed by atoms with E-state index in [1.165, 1.54) is 18.2 Å². The molecule has 6 nitrogen and oxygen atoms in total. The van der Waals surface area contributed by atoms with E-state index in [0.29, 0.717) is 28.1 Å². The number of hydrogen-bond donors (Lipinski definition) is 0. The molecule has 1 saturated heterocycles. The van der Waals surface area contributed by atoms with Gasteiger partial charge < -0.3 is 4.90 Å². The van der Waals surface area contributed by atoms with E-state index < -0.39 is 0 Å². The van der Waals surface area contributed by atoms with E-state index in [2.05, 4.69) is 40.7 Å². The highest BCUT2D eigenvalue weighted by atomic mass is 32.2. The largest absolute Gasteiger partial charge is 0.338 e. The summed E-state index contributed by atoms with van der Waals surface area (Å²) in [4.78, 5) is 23.9. The van der Waals surface area contributed by atoms with Crippen LogP contribution in [0.2, 0.25) is 0 Å². The van der Waals surface area contributed by atoms with E-state index in [4.69, 9.17) is 0 Å². The predicted molar refractivity (Wildman–Crippen MR) is 102 cm³/mol. The maximum atomic E-state index is 12.9. The number of hydrogen-bond acceptors (Lipinski definition) is 5. The first-order chi connectivity index (χ1) is 12.1. The van der Waals surface area contributed by atoms with Crippen LogP contribution in [0.5, 0.6) is 0 Å². The number of aromatic nitrogens is 4. The van der Waals surface area contributed by atoms with Crippen molar-refractivity contribution in [3.63, 3.8) is 0 Å². The number of amides is 1. The summed E-state index contributed by atoms with van der Waals surface area (Å²) in [6.07, 6.45) is 3.45. The van der Waals surface area contributed by atoms with Crippen LogP contribution in [-0.4, -0.2) is 48.7 Å². The monoisotopic (exact) mass is 373 g/mol. The number of likely N-dealkylation sites (tertiary alicyclic amines) is 1. The molecule has 2 aromatic heterocycles. The topological polar surface area (TPSA) is 63.4 Å². The van der Waals surface area contributed by atoms with Gasteiger partial charge in [0, 0.05) is 24.0 Å². The summed E-state index contributed by atoms with van der Waals surface area (Å²) in [5.74, 6) is 1.20. The Morgan fingerprint density at radius 1 is 1.27 bits per heavy atom. The standard InChI is InChI=1S/C19H27N5OS/c1-12-6-13(2)24-16(20-12)21-17(22-24)26-9-15(25)23-11-19(5)8-14(23)7-18(3,4)10-19/h6,14H,7-11H2,1-5H3/t14-,19-/m0/s1. The van der Waals surface area contributed by atoms with Crippen molar-refractivity contribution in [3.8, 4) is 0 Å². The minimum atomic E-state index is 0.209. The minimum Gasteiger partial charge on any atom is -0.338 e. The van der Waals surface area contributed by atoms with Gasteiger partial charge in [-0.05, 0) is 50.0 Å². The maximum Gasteiger partial charge on any atom is 0.253 e. The van der Waals surface area contributed by atoms with Gasteiger partial charge in [0.1, 0.15) is 0 Å². The number of carbonyl (C=O) groups excluding carboxylic acids is 1. The van der Waals surface area contributed by atoms with Crippen LogP contribution in [-0.2, 0) is 4.79 Å². The van der Waals surface area contributed by atoms with Crippen molar-refractivity contribution in [3.05, 3.63) is 17.5 Å². The van der Waals surface area contributed by atoms with Crippen LogP contribution in [0.1, 0.15) is 51.4 Å². The van der Waals surface area contributed by atoms with Crippen LogP contribution < -0.4 is 0 Å². The number of aryl methyl sites for hydroxylation is 2. The highest BCUT2D eigenvalue weighted by Gasteiger charge is 2.50. The molecule has 2 bridgehead atoms. The Morgan fingerprint density at radius 2 is 2.04 bits per heavy atom. The molecule has 0 radical (unpaired) electrons. The Kier molecular flexibility index (Phi) is 4.06. The van der Waals surface area contributed by atoms with Crippen molar-refractivity contribution < 1.29 is 4.79 Å². The lowest BCUT2D eigenvalue weighted by Crippen LogP contribution is -2.38. The number of rotatable bonds is 3. The molecule has 1 amide bonds. The highest BCUT2D eigenvalue weighted by molar-refractivity contribution is 7.99. The fraction of sp³-hybridized carbons (Fsp3) is 0.684. The summed E-state index contributed by atoms with van der Waals surface area (Å²) in [5.41, 5.74) is 2.52. The van der Waals surface area contributed by atoms with Crippen LogP contribution in [0.3, 0.4) is 0 Å². The lowest BCUT2D eigenvalue weighted by molar-refractivity contribution is -0.129. The Morgan fingerprint density at radius 3 is 2.81 bits per heavy atom. The summed E-state index contributed by atoms with van der Waals surface area (Å²) in [6, 6.07) is 2.37. The molecule has 26 heavy (non-hydrogen) atoms. The van der Waals surface area contributed by atoms with Crippen molar-refractivity contribution in [1.82, 2.24) is 24.5 Å². The molecule has 1 saturated carbocycles. The van der Waals surface area contributed by atoms with E-state index in [1.54, 1.807) is 4.52 Å². The molecule has 0 unspecified atom stereocenters. The molecule has 1 aliphatic heterocycles. The Hall–Kier alpha value is -1.63. The van der Waals surface area contributed by atoms with Crippen LogP contribution >= 0.6 is 11.8 Å². The molecule has 4 rings (SSSR count). The van der Waals surface area contributed by atoms with Crippen molar-refractivity contribution in [2.75, 3.05) is 12.3 Å². The van der Waals surface area contributed by atoms with Gasteiger partial charge in [-0.2, -0.15) is 4.98 Å². The van der Waals surface area contributed by atoms with Gasteiger partial charge in [0.2, 0.25) is 11.1 Å². The molecule has 0 spiro atoms. The molecule has 140 valence electrons. The van der Waals surface area contributed by atoms with Gasteiger partial charge in [-0.1, -0.05) is 32.5 Å². The molecule has 0 N–H and O–H groups in total. The number of carbonyl (C=O) groups is 1. The molecule has 0 aromatic carbocycles. The first-order valence-electron chi connectivity index (χ1n) is 9.28. The minimum absolute atomic E-state index is 0.209. The number of nitrogens with zero attached hydrogens (tertiary/aromatic N) is 5. The van der Waals surface area contributed by atoms with Crippen LogP contribution in [0, 0.1) is 24.7 Å². The molecule has 7 heteroatoms. The number of fused-ring (bicyclic) bond motifs is 3. The Labute approximate surface area is 158 Å². The smallest absolute Gasteiger partial charge is 0.253 e. The van der Waals surface area contributed by atoms with Gasteiger partial charge in [-0.3, -0.25) is 4.79 Å². The van der Waals surface area contributed by atoms with E-state index in [9.17, 15) is 4.79 Å². The second-order valence-corrected chi connectivity index (χ2v) is 10.1. The Bertz CT molecular complexity index is 876. The molecule has 2 fully saturated rings. The summed E-state index contributed by atoms with van der Waals surface area (Å²) in [6.45, 7) is 11.8. The van der Waals surface area contributed by atoms with Gasteiger partial charge in [0.25, 0.3) is 5.78 Å². The van der Waals surface area contributed by atoms with E-state index in [1.807, 2.05) is 19.9 Å². The van der Waals surface area contributed by atoms with Gasteiger partial charge in [-0.15, -0.1) is 5.10 Å². The van der Waals surface area contributed by atoms with E-state index in [0.717, 1.165) is 30.8 Å². The zero-order chi connectivity index (χ0) is 18.7. The maximum absolute atomic E-state index is 12.9. The SMILES string of the molecule is Cc1cc(C)n2nc(SCC(=O)N3C[C@@]4(C)C[C@@H]3CC(C)(C)C4)nc2n1. The molecular formula is C19H27N5OS. The van der Waals surface area contributed by atoms with Gasteiger partial charge in [-0.25, -0.2) is 9.50 Å². The molecular weight excluding hydrogens is 346 g/mol. The third-order valence-electron chi connectivity index (χ3n) is 5.66. The summed E-state index contributed by atoms with van der Waals surface area (Å²) in [5, 5.41) is 5.11. The quantitative estimate of drug-likeness (QED) is 0.773. The lowest BCUT2D eigenvalue weighted by Gasteiger charge is -2.39. The molecule has 3 heterocycles. The van der Waals surface area contributed by atoms with Crippen LogP contribution in [0.25, 0.3) is 5.78 Å². The van der Waals surface area contributed by atoms with Crippen molar-refractivity contribution >= 4 is 23.4 Å². The fourth-order valence-corrected chi connectivity index (χ4v) is 5.87. The molecule has 1 aliphatic carbocycles. The molecule has 2 aromatic rings. The zero-order valence-corrected chi connectivity index (χ0v) is 17.1. The van der Waals surface area contributed by atoms with Gasteiger partial charge >= 0.3 is 0 Å². The Balaban J connectivity index is 1.46. The normalized spacial score (nSPS) is 27.3. The molecule has 2 atom stereocenters. The first-order valence-corrected chi connectivity index (χ1v) is 10.3. The average molecular weight is 374 g/mol.